The van der Waals surface area contributed by atoms with Crippen LogP contribution in [-0.4, -0.2) is 15.3 Å². The van der Waals surface area contributed by atoms with E-state index < -0.39 is 4.92 Å². The number of hydrogen-bond acceptors (Lipinski definition) is 7. The molecule has 0 atom stereocenters. The van der Waals surface area contributed by atoms with Gasteiger partial charge in [0.2, 0.25) is 0 Å². The molecule has 1 aromatic heterocycles. The van der Waals surface area contributed by atoms with E-state index in [-0.39, 0.29) is 46.4 Å². The van der Waals surface area contributed by atoms with Crippen LogP contribution in [0.4, 0.5) is 17.1 Å². The first kappa shape index (κ1) is 17.6. The van der Waals surface area contributed by atoms with E-state index in [1.807, 2.05) is 0 Å². The van der Waals surface area contributed by atoms with E-state index in [9.17, 15) is 14.9 Å². The molecule has 0 spiro atoms. The predicted octanol–water partition coefficient (Wildman–Crippen LogP) is -1.56. The number of aliphatic imine (C=N–C) groups is 1. The summed E-state index contributed by atoms with van der Waals surface area (Å²) in [4.78, 5) is 26.2. The van der Waals surface area contributed by atoms with Gasteiger partial charge in [0.05, 0.1) is 10.6 Å². The van der Waals surface area contributed by atoms with Gasteiger partial charge in [-0.05, 0) is 11.9 Å². The van der Waals surface area contributed by atoms with Crippen molar-refractivity contribution < 1.29 is 34.5 Å². The number of fused-ring (bicyclic) bond motifs is 1. The number of amidine groups is 1. The summed E-state index contributed by atoms with van der Waals surface area (Å²) in [5.41, 5.74) is 0.809. The minimum absolute atomic E-state index is 0. The van der Waals surface area contributed by atoms with Crippen LogP contribution in [0.25, 0.3) is 5.69 Å². The van der Waals surface area contributed by atoms with Crippen molar-refractivity contribution in [1.29, 1.82) is 5.26 Å². The van der Waals surface area contributed by atoms with Crippen LogP contribution in [0, 0.1) is 28.1 Å². The molecule has 3 rings (SSSR count). The Morgan fingerprint density at radius 1 is 1.38 bits per heavy atom. The van der Waals surface area contributed by atoms with Crippen LogP contribution < -0.4 is 45.6 Å². The topological polar surface area (TPSA) is 125 Å². The monoisotopic (exact) mass is 332 g/mol. The Morgan fingerprint density at radius 2 is 2.08 bits per heavy atom. The number of nitro benzene ring substituents is 1. The molecular formula is C14H9N6NaO3. The minimum Gasteiger partial charge on any atom is -0.511 e. The summed E-state index contributed by atoms with van der Waals surface area (Å²) in [6.45, 7) is 1.44. The van der Waals surface area contributed by atoms with E-state index in [4.69, 9.17) is 5.26 Å². The number of hydrogen-bond donors (Lipinski definition) is 2. The van der Waals surface area contributed by atoms with Gasteiger partial charge >= 0.3 is 29.6 Å². The number of nitro groups is 1. The average molecular weight is 332 g/mol. The molecule has 114 valence electrons. The summed E-state index contributed by atoms with van der Waals surface area (Å²) < 4.78 is 1.46. The maximum atomic E-state index is 11.3. The van der Waals surface area contributed by atoms with Crippen molar-refractivity contribution in [2.45, 2.75) is 0 Å². The molecule has 2 heterocycles. The molecular weight excluding hydrogens is 323 g/mol. The molecule has 24 heavy (non-hydrogen) atoms. The fourth-order valence-corrected chi connectivity index (χ4v) is 2.13. The molecule has 0 aliphatic carbocycles. The standard InChI is InChI=1S/C14H9N6O3.Na/c15-8-17-14-7-16-10-5-13(20(22)23)12(6-11(10)18-14)19-3-1-9(21)2-4-19;/h1-7,16H,(H,17,18);/q-1;+1. The molecule has 1 aromatic carbocycles. The number of nitrogens with one attached hydrogen (secondary N) is 2. The van der Waals surface area contributed by atoms with Crippen molar-refractivity contribution in [3.8, 4) is 11.9 Å². The molecule has 9 nitrogen and oxygen atoms in total. The van der Waals surface area contributed by atoms with Crippen molar-refractivity contribution in [1.82, 2.24) is 9.88 Å². The molecule has 10 heteroatoms. The SMILES string of the molecule is N#CNC1=Nc2cc(-n3ccc(=O)cc3)c([N+](=O)[O-])cc2N[CH-]1.[Na+]. The predicted molar refractivity (Wildman–Crippen MR) is 82.5 cm³/mol. The second-order valence-corrected chi connectivity index (χ2v) is 4.58. The van der Waals surface area contributed by atoms with Crippen LogP contribution in [0.3, 0.4) is 0 Å². The van der Waals surface area contributed by atoms with Crippen molar-refractivity contribution in [2.24, 2.45) is 4.99 Å². The Labute approximate surface area is 158 Å². The second kappa shape index (κ2) is 7.18. The summed E-state index contributed by atoms with van der Waals surface area (Å²) >= 11 is 0. The third kappa shape index (κ3) is 3.41. The summed E-state index contributed by atoms with van der Waals surface area (Å²) in [6, 6.07) is 5.48. The molecule has 1 aliphatic rings. The van der Waals surface area contributed by atoms with E-state index in [1.165, 1.54) is 47.8 Å². The Bertz CT molecular complexity index is 911. The van der Waals surface area contributed by atoms with Crippen LogP contribution in [0.2, 0.25) is 0 Å². The van der Waals surface area contributed by atoms with Crippen LogP contribution in [0.5, 0.6) is 0 Å². The van der Waals surface area contributed by atoms with E-state index in [0.29, 0.717) is 17.2 Å². The molecule has 0 unspecified atom stereocenters. The summed E-state index contributed by atoms with van der Waals surface area (Å²) in [5, 5.41) is 25.2. The van der Waals surface area contributed by atoms with Gasteiger partial charge in [-0.1, -0.05) is 0 Å². The van der Waals surface area contributed by atoms with Crippen LogP contribution in [0.1, 0.15) is 0 Å². The van der Waals surface area contributed by atoms with Crippen LogP contribution >= 0.6 is 0 Å². The summed E-state index contributed by atoms with van der Waals surface area (Å²) in [7, 11) is 0. The van der Waals surface area contributed by atoms with Gasteiger partial charge in [-0.2, -0.15) is 5.26 Å². The zero-order valence-corrected chi connectivity index (χ0v) is 14.6. The first-order valence-electron chi connectivity index (χ1n) is 6.43. The Kier molecular flexibility index (Phi) is 5.25. The van der Waals surface area contributed by atoms with Gasteiger partial charge in [-0.25, -0.2) is 6.54 Å². The molecule has 0 saturated carbocycles. The third-order valence-electron chi connectivity index (χ3n) is 3.16. The molecule has 2 aromatic rings. The molecule has 1 aliphatic heterocycles. The Hall–Kier alpha value is -2.80. The van der Waals surface area contributed by atoms with Crippen molar-refractivity contribution in [3.63, 3.8) is 0 Å². The quantitative estimate of drug-likeness (QED) is 0.171. The van der Waals surface area contributed by atoms with Gasteiger partial charge in [-0.3, -0.25) is 19.9 Å². The summed E-state index contributed by atoms with van der Waals surface area (Å²) in [5.74, 6) is 0.291. The zero-order valence-electron chi connectivity index (χ0n) is 12.6. The van der Waals surface area contributed by atoms with Gasteiger partial charge in [0.25, 0.3) is 5.69 Å². The number of aromatic nitrogens is 1. The Morgan fingerprint density at radius 3 is 2.71 bits per heavy atom. The fourth-order valence-electron chi connectivity index (χ4n) is 2.13. The Balaban J connectivity index is 0.00000208. The fraction of sp³-hybridized carbons (Fsp3) is 0. The summed E-state index contributed by atoms with van der Waals surface area (Å²) in [6.07, 6.45) is 4.63. The first-order chi connectivity index (χ1) is 11.1. The smallest absolute Gasteiger partial charge is 0.511 e. The molecule has 0 radical (unpaired) electrons. The van der Waals surface area contributed by atoms with Gasteiger partial charge < -0.3 is 15.2 Å². The molecule has 0 fully saturated rings. The maximum absolute atomic E-state index is 11.3. The first-order valence-corrected chi connectivity index (χ1v) is 6.43. The molecule has 0 amide bonds. The van der Waals surface area contributed by atoms with Gasteiger partial charge in [-0.15, -0.1) is 0 Å². The van der Waals surface area contributed by atoms with Crippen LogP contribution in [0.15, 0.2) is 46.4 Å². The van der Waals surface area contributed by atoms with Crippen molar-refractivity contribution in [3.05, 3.63) is 63.5 Å². The number of pyridine rings is 1. The third-order valence-corrected chi connectivity index (χ3v) is 3.16. The van der Waals surface area contributed by atoms with Gasteiger partial charge in [0, 0.05) is 36.3 Å². The number of benzene rings is 1. The van der Waals surface area contributed by atoms with E-state index in [0.717, 1.165) is 0 Å². The normalized spacial score (nSPS) is 11.5. The minimum atomic E-state index is -0.512. The van der Waals surface area contributed by atoms with E-state index in [1.54, 1.807) is 6.19 Å². The number of anilines is 1. The van der Waals surface area contributed by atoms with Crippen molar-refractivity contribution >= 4 is 22.9 Å². The molecule has 0 saturated heterocycles. The largest absolute Gasteiger partial charge is 1.00 e. The number of rotatable bonds is 2. The van der Waals surface area contributed by atoms with E-state index in [2.05, 4.69) is 15.6 Å². The zero-order chi connectivity index (χ0) is 16.4. The molecule has 2 N–H and O–H groups in total. The van der Waals surface area contributed by atoms with Gasteiger partial charge in [0.1, 0.15) is 5.69 Å². The average Bonchev–Trinajstić information content (AvgIpc) is 2.54. The van der Waals surface area contributed by atoms with Crippen LogP contribution in [-0.2, 0) is 0 Å². The van der Waals surface area contributed by atoms with Gasteiger partial charge in [0.15, 0.2) is 11.6 Å². The number of nitriles is 1. The second-order valence-electron chi connectivity index (χ2n) is 4.58. The molecule has 0 bridgehead atoms. The van der Waals surface area contributed by atoms with Crippen molar-refractivity contribution in [2.75, 3.05) is 5.32 Å². The number of nitrogens with zero attached hydrogens (tertiary/aromatic N) is 4. The maximum Gasteiger partial charge on any atom is 1.00 e. The van der Waals surface area contributed by atoms with E-state index >= 15 is 0 Å².